The van der Waals surface area contributed by atoms with Crippen LogP contribution in [0.25, 0.3) is 0 Å². The zero-order valence-electron chi connectivity index (χ0n) is 20.3. The molecule has 3 rings (SSSR count). The molecule has 36 heavy (non-hydrogen) atoms. The molecule has 0 bridgehead atoms. The van der Waals surface area contributed by atoms with Gasteiger partial charge in [0.05, 0.1) is 5.16 Å². The normalized spacial score (nSPS) is 9.56. The second kappa shape index (κ2) is 13.8. The van der Waals surface area contributed by atoms with Gasteiger partial charge in [-0.1, -0.05) is 61.7 Å². The minimum absolute atomic E-state index is 0.206. The highest BCUT2D eigenvalue weighted by atomic mass is 32.1. The maximum absolute atomic E-state index is 13.9. The van der Waals surface area contributed by atoms with Gasteiger partial charge in [-0.3, -0.25) is 0 Å². The van der Waals surface area contributed by atoms with Gasteiger partial charge in [0.2, 0.25) is 0 Å². The van der Waals surface area contributed by atoms with E-state index in [1.165, 1.54) is 19.3 Å². The highest BCUT2D eigenvalue weighted by Gasteiger charge is 2.09. The van der Waals surface area contributed by atoms with Crippen molar-refractivity contribution in [3.05, 3.63) is 99.6 Å². The van der Waals surface area contributed by atoms with Crippen LogP contribution in [0, 0.1) is 54.1 Å². The zero-order chi connectivity index (χ0) is 25.8. The molecular weight excluding hydrogens is 468 g/mol. The minimum atomic E-state index is -0.833. The summed E-state index contributed by atoms with van der Waals surface area (Å²) in [6.07, 6.45) is 5.84. The lowest BCUT2D eigenvalue weighted by atomic mass is 10.0. The van der Waals surface area contributed by atoms with Gasteiger partial charge in [-0.25, -0.2) is 8.78 Å². The topological polar surface area (TPSA) is 12.4 Å². The molecule has 178 valence electrons. The van der Waals surface area contributed by atoms with E-state index in [-0.39, 0.29) is 5.56 Å². The van der Waals surface area contributed by atoms with E-state index in [9.17, 15) is 8.78 Å². The van der Waals surface area contributed by atoms with E-state index in [1.807, 2.05) is 48.5 Å². The molecule has 0 N–H and O–H groups in total. The van der Waals surface area contributed by atoms with Crippen LogP contribution in [0.3, 0.4) is 0 Å². The molecule has 0 saturated heterocycles. The second-order valence-corrected chi connectivity index (χ2v) is 8.39. The van der Waals surface area contributed by atoms with Gasteiger partial charge < -0.3 is 0 Å². The summed E-state index contributed by atoms with van der Waals surface area (Å²) in [7, 11) is 0. The molecule has 0 aliphatic heterocycles. The Morgan fingerprint density at radius 1 is 0.722 bits per heavy atom. The number of aliphatic imine (C=N–C) groups is 1. The molecule has 0 aromatic heterocycles. The molecule has 0 saturated carbocycles. The molecule has 4 heteroatoms. The number of hydrogen-bond acceptors (Lipinski definition) is 2. The average Bonchev–Trinajstić information content (AvgIpc) is 2.87. The SMILES string of the molecule is CCCCCCC#Cc1ccc(C#Cc2ccc(C#Cc3cc(F)c(N=C=S)c(F)c3)cc2)c(C)c1. The lowest BCUT2D eigenvalue weighted by molar-refractivity contribution is 0.587. The molecule has 0 fully saturated rings. The smallest absolute Gasteiger partial charge is 0.153 e. The van der Waals surface area contributed by atoms with Crippen molar-refractivity contribution < 1.29 is 8.78 Å². The second-order valence-electron chi connectivity index (χ2n) is 8.21. The van der Waals surface area contributed by atoms with E-state index in [0.29, 0.717) is 5.56 Å². The fraction of sp³-hybridized carbons (Fsp3) is 0.219. The molecular formula is C32H25F2NS. The largest absolute Gasteiger partial charge is 0.204 e. The van der Waals surface area contributed by atoms with E-state index in [0.717, 1.165) is 47.2 Å². The Morgan fingerprint density at radius 2 is 1.33 bits per heavy atom. The van der Waals surface area contributed by atoms with Crippen LogP contribution in [0.2, 0.25) is 0 Å². The molecule has 0 spiro atoms. The molecule has 0 unspecified atom stereocenters. The average molecular weight is 494 g/mol. The van der Waals surface area contributed by atoms with E-state index in [4.69, 9.17) is 0 Å². The van der Waals surface area contributed by atoms with Crippen molar-refractivity contribution in [3.8, 4) is 35.5 Å². The van der Waals surface area contributed by atoms with Crippen LogP contribution in [0.4, 0.5) is 14.5 Å². The first kappa shape index (κ1) is 26.6. The molecule has 0 aliphatic carbocycles. The monoisotopic (exact) mass is 493 g/mol. The van der Waals surface area contributed by atoms with Gasteiger partial charge in [-0.15, -0.1) is 0 Å². The predicted octanol–water partition coefficient (Wildman–Crippen LogP) is 8.13. The highest BCUT2D eigenvalue weighted by molar-refractivity contribution is 7.78. The number of rotatable bonds is 5. The summed E-state index contributed by atoms with van der Waals surface area (Å²) in [5.74, 6) is 16.9. The van der Waals surface area contributed by atoms with Crippen molar-refractivity contribution in [2.45, 2.75) is 46.0 Å². The van der Waals surface area contributed by atoms with Gasteiger partial charge >= 0.3 is 0 Å². The van der Waals surface area contributed by atoms with Crippen LogP contribution in [0.1, 0.15) is 72.4 Å². The van der Waals surface area contributed by atoms with Crippen molar-refractivity contribution in [3.63, 3.8) is 0 Å². The van der Waals surface area contributed by atoms with Crippen molar-refractivity contribution in [2.24, 2.45) is 4.99 Å². The van der Waals surface area contributed by atoms with Crippen LogP contribution in [-0.2, 0) is 0 Å². The molecule has 0 atom stereocenters. The number of halogens is 2. The number of benzene rings is 3. The van der Waals surface area contributed by atoms with Gasteiger partial charge in [0, 0.05) is 34.2 Å². The number of nitrogens with zero attached hydrogens (tertiary/aromatic N) is 1. The molecule has 1 nitrogen and oxygen atoms in total. The lowest BCUT2D eigenvalue weighted by Crippen LogP contribution is -1.86. The Kier molecular flexibility index (Phi) is 10.2. The first-order valence-corrected chi connectivity index (χ1v) is 12.2. The Balaban J connectivity index is 1.66. The molecule has 0 heterocycles. The van der Waals surface area contributed by atoms with Crippen molar-refractivity contribution in [1.29, 1.82) is 0 Å². The molecule has 0 aliphatic rings. The van der Waals surface area contributed by atoms with Gasteiger partial charge in [0.25, 0.3) is 0 Å². The maximum atomic E-state index is 13.9. The summed E-state index contributed by atoms with van der Waals surface area (Å²) >= 11 is 4.40. The number of isothiocyanates is 1. The van der Waals surface area contributed by atoms with Crippen molar-refractivity contribution in [2.75, 3.05) is 0 Å². The summed E-state index contributed by atoms with van der Waals surface area (Å²) in [5, 5.41) is 1.96. The molecule has 3 aromatic carbocycles. The number of unbranched alkanes of at least 4 members (excludes halogenated alkanes) is 4. The van der Waals surface area contributed by atoms with Gasteiger partial charge in [-0.2, -0.15) is 4.99 Å². The van der Waals surface area contributed by atoms with Crippen molar-refractivity contribution in [1.82, 2.24) is 0 Å². The fourth-order valence-corrected chi connectivity index (χ4v) is 3.49. The van der Waals surface area contributed by atoms with Crippen molar-refractivity contribution >= 4 is 23.1 Å². The Hall–Kier alpha value is -4.00. The standard InChI is InChI=1S/C32H25F2NS/c1-3-4-5-6-7-8-9-27-17-19-29(24(2)20-27)18-16-26-12-10-25(11-13-26)14-15-28-21-30(33)32(35-23-36)31(34)22-28/h10-13,17,19-22H,3-7H2,1-2H3. The summed E-state index contributed by atoms with van der Waals surface area (Å²) in [6, 6.07) is 15.7. The summed E-state index contributed by atoms with van der Waals surface area (Å²) in [4.78, 5) is 3.39. The van der Waals surface area contributed by atoms with Crippen LogP contribution in [0.15, 0.2) is 59.6 Å². The quantitative estimate of drug-likeness (QED) is 0.151. The minimum Gasteiger partial charge on any atom is -0.204 e. The van der Waals surface area contributed by atoms with Gasteiger partial charge in [0.15, 0.2) is 11.6 Å². The molecule has 3 aromatic rings. The van der Waals surface area contributed by atoms with Gasteiger partial charge in [-0.05, 0) is 85.7 Å². The zero-order valence-corrected chi connectivity index (χ0v) is 21.2. The Labute approximate surface area is 217 Å². The molecule has 0 radical (unpaired) electrons. The van der Waals surface area contributed by atoms with Crippen LogP contribution in [0.5, 0.6) is 0 Å². The van der Waals surface area contributed by atoms with Crippen LogP contribution >= 0.6 is 12.2 Å². The number of hydrogen-bond donors (Lipinski definition) is 0. The van der Waals surface area contributed by atoms with E-state index < -0.39 is 17.3 Å². The fourth-order valence-electron chi connectivity index (χ4n) is 3.40. The first-order chi connectivity index (χ1) is 17.5. The summed E-state index contributed by atoms with van der Waals surface area (Å²) < 4.78 is 27.9. The lowest BCUT2D eigenvalue weighted by Gasteiger charge is -1.99. The van der Waals surface area contributed by atoms with Crippen LogP contribution in [-0.4, -0.2) is 5.16 Å². The highest BCUT2D eigenvalue weighted by Crippen LogP contribution is 2.23. The number of thiocarbonyl (C=S) groups is 1. The summed E-state index contributed by atoms with van der Waals surface area (Å²) in [6.45, 7) is 4.25. The van der Waals surface area contributed by atoms with Gasteiger partial charge in [0.1, 0.15) is 5.69 Å². The third-order valence-corrected chi connectivity index (χ3v) is 5.46. The van der Waals surface area contributed by atoms with E-state index in [1.54, 1.807) is 0 Å². The number of aryl methyl sites for hydroxylation is 1. The third-order valence-electron chi connectivity index (χ3n) is 5.37. The predicted molar refractivity (Wildman–Crippen MR) is 146 cm³/mol. The third kappa shape index (κ3) is 8.05. The van der Waals surface area contributed by atoms with Crippen LogP contribution < -0.4 is 0 Å². The maximum Gasteiger partial charge on any atom is 0.153 e. The Bertz CT molecular complexity index is 1440. The van der Waals surface area contributed by atoms with E-state index >= 15 is 0 Å². The van der Waals surface area contributed by atoms with E-state index in [2.05, 4.69) is 65.7 Å². The Morgan fingerprint density at radius 3 is 1.94 bits per heavy atom. The summed E-state index contributed by atoms with van der Waals surface area (Å²) in [5.41, 5.74) is 4.34. The molecule has 0 amide bonds. The first-order valence-electron chi connectivity index (χ1n) is 11.8.